The number of benzene rings is 4. The molecule has 142 valence electrons. The number of rotatable bonds is 5. The van der Waals surface area contributed by atoms with E-state index >= 15 is 0 Å². The van der Waals surface area contributed by atoms with Crippen molar-refractivity contribution in [1.29, 1.82) is 0 Å². The Morgan fingerprint density at radius 3 is 2.07 bits per heavy atom. The number of hydrogen-bond donors (Lipinski definition) is 1. The summed E-state index contributed by atoms with van der Waals surface area (Å²) in [6, 6.07) is 24.8. The van der Waals surface area contributed by atoms with Crippen LogP contribution in [0.5, 0.6) is 0 Å². The summed E-state index contributed by atoms with van der Waals surface area (Å²) in [5.74, 6) is -0.547. The lowest BCUT2D eigenvalue weighted by molar-refractivity contribution is 0.0601. The second kappa shape index (κ2) is 7.98. The van der Waals surface area contributed by atoms with Crippen LogP contribution in [0.1, 0.15) is 20.7 Å². The molecule has 4 heteroatoms. The smallest absolute Gasteiger partial charge is 0.339 e. The molecule has 0 spiro atoms. The van der Waals surface area contributed by atoms with Gasteiger partial charge in [0.25, 0.3) is 0 Å². The molecule has 4 rings (SSSR count). The second-order valence-corrected chi connectivity index (χ2v) is 6.57. The van der Waals surface area contributed by atoms with Gasteiger partial charge in [0.15, 0.2) is 5.78 Å². The second-order valence-electron chi connectivity index (χ2n) is 6.57. The third kappa shape index (κ3) is 3.60. The van der Waals surface area contributed by atoms with E-state index in [1.807, 2.05) is 54.6 Å². The molecule has 0 saturated heterocycles. The number of allylic oxidation sites excluding steroid dienone is 1. The van der Waals surface area contributed by atoms with Gasteiger partial charge in [-0.15, -0.1) is 0 Å². The van der Waals surface area contributed by atoms with E-state index in [1.165, 1.54) is 13.2 Å². The highest BCUT2D eigenvalue weighted by atomic mass is 16.5. The van der Waals surface area contributed by atoms with Gasteiger partial charge in [-0.05, 0) is 39.7 Å². The Morgan fingerprint density at radius 2 is 1.41 bits per heavy atom. The van der Waals surface area contributed by atoms with Crippen molar-refractivity contribution in [1.82, 2.24) is 0 Å². The molecule has 0 heterocycles. The SMILES string of the molecule is COC(=O)c1ccccc1N/C=C\C(=O)c1c2ccccc2cc2ccccc12. The summed E-state index contributed by atoms with van der Waals surface area (Å²) in [4.78, 5) is 25.0. The number of ether oxygens (including phenoxy) is 1. The molecule has 4 aromatic rings. The molecule has 0 amide bonds. The quantitative estimate of drug-likeness (QED) is 0.212. The molecule has 0 fully saturated rings. The van der Waals surface area contributed by atoms with Gasteiger partial charge in [0.1, 0.15) is 0 Å². The summed E-state index contributed by atoms with van der Waals surface area (Å²) in [5.41, 5.74) is 1.65. The van der Waals surface area contributed by atoms with E-state index in [0.29, 0.717) is 16.8 Å². The first-order valence-electron chi connectivity index (χ1n) is 9.24. The first kappa shape index (κ1) is 18.4. The lowest BCUT2D eigenvalue weighted by Gasteiger charge is -2.10. The molecule has 29 heavy (non-hydrogen) atoms. The number of fused-ring (bicyclic) bond motifs is 2. The number of para-hydroxylation sites is 1. The fraction of sp³-hybridized carbons (Fsp3) is 0.0400. The molecule has 0 aliphatic heterocycles. The number of carbonyl (C=O) groups excluding carboxylic acids is 2. The average molecular weight is 381 g/mol. The molecular weight excluding hydrogens is 362 g/mol. The minimum atomic E-state index is -0.437. The summed E-state index contributed by atoms with van der Waals surface area (Å²) in [7, 11) is 1.34. The van der Waals surface area contributed by atoms with Gasteiger partial charge in [0.2, 0.25) is 0 Å². The van der Waals surface area contributed by atoms with Crippen molar-refractivity contribution in [3.63, 3.8) is 0 Å². The van der Waals surface area contributed by atoms with Crippen LogP contribution < -0.4 is 5.32 Å². The van der Waals surface area contributed by atoms with Gasteiger partial charge in [-0.25, -0.2) is 4.79 Å². The Hall–Kier alpha value is -3.92. The molecule has 0 atom stereocenters. The summed E-state index contributed by atoms with van der Waals surface area (Å²) in [5, 5.41) is 6.89. The van der Waals surface area contributed by atoms with Gasteiger partial charge in [0, 0.05) is 17.8 Å². The average Bonchev–Trinajstić information content (AvgIpc) is 2.77. The third-order valence-electron chi connectivity index (χ3n) is 4.82. The lowest BCUT2D eigenvalue weighted by atomic mass is 9.94. The highest BCUT2D eigenvalue weighted by Gasteiger charge is 2.13. The van der Waals surface area contributed by atoms with E-state index in [0.717, 1.165) is 21.5 Å². The molecule has 0 unspecified atom stereocenters. The van der Waals surface area contributed by atoms with E-state index in [2.05, 4.69) is 11.4 Å². The lowest BCUT2D eigenvalue weighted by Crippen LogP contribution is -2.05. The number of esters is 1. The van der Waals surface area contributed by atoms with Crippen molar-refractivity contribution in [3.05, 3.63) is 102 Å². The molecule has 0 aromatic heterocycles. The van der Waals surface area contributed by atoms with E-state index in [4.69, 9.17) is 4.74 Å². The van der Waals surface area contributed by atoms with E-state index in [1.54, 1.807) is 24.4 Å². The van der Waals surface area contributed by atoms with Crippen LogP contribution in [0.3, 0.4) is 0 Å². The predicted molar refractivity (Wildman–Crippen MR) is 116 cm³/mol. The predicted octanol–water partition coefficient (Wildman–Crippen LogP) is 5.59. The number of carbonyl (C=O) groups is 2. The maximum absolute atomic E-state index is 13.1. The zero-order valence-electron chi connectivity index (χ0n) is 15.9. The summed E-state index contributed by atoms with van der Waals surface area (Å²) < 4.78 is 4.80. The zero-order chi connectivity index (χ0) is 20.2. The van der Waals surface area contributed by atoms with Crippen LogP contribution in [0.2, 0.25) is 0 Å². The fourth-order valence-electron chi connectivity index (χ4n) is 3.47. The molecule has 1 N–H and O–H groups in total. The standard InChI is InChI=1S/C25H19NO3/c1-29-25(28)21-12-6-7-13-22(21)26-15-14-23(27)24-19-10-4-2-8-17(19)16-18-9-3-5-11-20(18)24/h2-16,26H,1H3/b15-14-. The van der Waals surface area contributed by atoms with E-state index in [9.17, 15) is 9.59 Å². The largest absolute Gasteiger partial charge is 0.465 e. The normalized spacial score (nSPS) is 11.1. The summed E-state index contributed by atoms with van der Waals surface area (Å²) in [6.45, 7) is 0. The van der Waals surface area contributed by atoms with Gasteiger partial charge >= 0.3 is 5.97 Å². The summed E-state index contributed by atoms with van der Waals surface area (Å²) in [6.07, 6.45) is 3.04. The molecule has 0 radical (unpaired) electrons. The first-order valence-corrected chi connectivity index (χ1v) is 9.24. The zero-order valence-corrected chi connectivity index (χ0v) is 15.9. The van der Waals surface area contributed by atoms with Crippen LogP contribution in [-0.4, -0.2) is 18.9 Å². The van der Waals surface area contributed by atoms with Crippen molar-refractivity contribution in [2.45, 2.75) is 0 Å². The Kier molecular flexibility index (Phi) is 5.08. The van der Waals surface area contributed by atoms with Crippen molar-refractivity contribution < 1.29 is 14.3 Å². The maximum Gasteiger partial charge on any atom is 0.339 e. The third-order valence-corrected chi connectivity index (χ3v) is 4.82. The van der Waals surface area contributed by atoms with E-state index in [-0.39, 0.29) is 5.78 Å². The maximum atomic E-state index is 13.1. The highest BCUT2D eigenvalue weighted by Crippen LogP contribution is 2.29. The minimum absolute atomic E-state index is 0.110. The number of anilines is 1. The van der Waals surface area contributed by atoms with Gasteiger partial charge < -0.3 is 10.1 Å². The Morgan fingerprint density at radius 1 is 0.828 bits per heavy atom. The van der Waals surface area contributed by atoms with Crippen LogP contribution in [0.4, 0.5) is 5.69 Å². The van der Waals surface area contributed by atoms with Crippen molar-refractivity contribution >= 4 is 39.0 Å². The first-order chi connectivity index (χ1) is 14.2. The number of ketones is 1. The van der Waals surface area contributed by atoms with Crippen molar-refractivity contribution in [2.24, 2.45) is 0 Å². The number of nitrogens with one attached hydrogen (secondary N) is 1. The van der Waals surface area contributed by atoms with Gasteiger partial charge in [0.05, 0.1) is 18.4 Å². The number of methoxy groups -OCH3 is 1. The monoisotopic (exact) mass is 381 g/mol. The van der Waals surface area contributed by atoms with Crippen molar-refractivity contribution in [3.8, 4) is 0 Å². The molecule has 4 nitrogen and oxygen atoms in total. The molecule has 4 aromatic carbocycles. The Labute approximate surface area is 168 Å². The van der Waals surface area contributed by atoms with Crippen molar-refractivity contribution in [2.75, 3.05) is 12.4 Å². The molecule has 0 aliphatic rings. The Bertz CT molecular complexity index is 1200. The molecule has 0 saturated carbocycles. The molecule has 0 bridgehead atoms. The van der Waals surface area contributed by atoms with Crippen LogP contribution in [-0.2, 0) is 4.74 Å². The Balaban J connectivity index is 1.71. The topological polar surface area (TPSA) is 55.4 Å². The van der Waals surface area contributed by atoms with Gasteiger partial charge in [-0.3, -0.25) is 4.79 Å². The van der Waals surface area contributed by atoms with Gasteiger partial charge in [-0.2, -0.15) is 0 Å². The highest BCUT2D eigenvalue weighted by molar-refractivity contribution is 6.22. The minimum Gasteiger partial charge on any atom is -0.465 e. The van der Waals surface area contributed by atoms with Crippen LogP contribution in [0.15, 0.2) is 91.1 Å². The van der Waals surface area contributed by atoms with Crippen LogP contribution in [0.25, 0.3) is 21.5 Å². The van der Waals surface area contributed by atoms with Gasteiger partial charge in [-0.1, -0.05) is 60.7 Å². The van der Waals surface area contributed by atoms with Crippen LogP contribution >= 0.6 is 0 Å². The number of hydrogen-bond acceptors (Lipinski definition) is 4. The molecule has 0 aliphatic carbocycles. The molecular formula is C25H19NO3. The van der Waals surface area contributed by atoms with E-state index < -0.39 is 5.97 Å². The fourth-order valence-corrected chi connectivity index (χ4v) is 3.47. The summed E-state index contributed by atoms with van der Waals surface area (Å²) >= 11 is 0. The van der Waals surface area contributed by atoms with Crippen LogP contribution in [0, 0.1) is 0 Å².